The van der Waals surface area contributed by atoms with Crippen LogP contribution in [-0.4, -0.2) is 14.9 Å². The summed E-state index contributed by atoms with van der Waals surface area (Å²) >= 11 is 0. The quantitative estimate of drug-likeness (QED) is 0.506. The average Bonchev–Trinajstić information content (AvgIpc) is 2.64. The number of hydrogen-bond donors (Lipinski definition) is 2. The maximum atomic E-state index is 11.5. The fourth-order valence-electron chi connectivity index (χ4n) is 2.24. The molecule has 0 bridgehead atoms. The number of rotatable bonds is 6. The van der Waals surface area contributed by atoms with Gasteiger partial charge in [-0.05, 0) is 49.2 Å². The Hall–Kier alpha value is -3.68. The van der Waals surface area contributed by atoms with Crippen LogP contribution in [0.4, 0.5) is 17.2 Å². The molecule has 0 saturated carbocycles. The van der Waals surface area contributed by atoms with Gasteiger partial charge in [-0.15, -0.1) is 0 Å². The van der Waals surface area contributed by atoms with E-state index in [9.17, 15) is 10.1 Å². The summed E-state index contributed by atoms with van der Waals surface area (Å²) in [6.45, 7) is 3.91. The van der Waals surface area contributed by atoms with E-state index in [1.165, 1.54) is 6.33 Å². The summed E-state index contributed by atoms with van der Waals surface area (Å²) in [5.74, 6) is 0.343. The molecule has 0 fully saturated rings. The van der Waals surface area contributed by atoms with Crippen LogP contribution in [0.5, 0.6) is 11.6 Å². The SMILES string of the molecule is Cc1ccc(Oc2ncnc(NNc3ccccc3)c2[N+](=O)[O-])cc1C. The van der Waals surface area contributed by atoms with E-state index in [0.717, 1.165) is 16.8 Å². The number of aromatic nitrogens is 2. The highest BCUT2D eigenvalue weighted by Gasteiger charge is 2.25. The smallest absolute Gasteiger partial charge is 0.374 e. The molecule has 0 aliphatic rings. The molecule has 8 heteroatoms. The van der Waals surface area contributed by atoms with Crippen molar-refractivity contribution in [2.45, 2.75) is 13.8 Å². The van der Waals surface area contributed by atoms with Crippen molar-refractivity contribution in [1.29, 1.82) is 0 Å². The molecule has 3 rings (SSSR count). The van der Waals surface area contributed by atoms with Crippen LogP contribution in [0.3, 0.4) is 0 Å². The molecule has 0 unspecified atom stereocenters. The Morgan fingerprint density at radius 3 is 2.46 bits per heavy atom. The van der Waals surface area contributed by atoms with Gasteiger partial charge in [0.15, 0.2) is 0 Å². The Bertz CT molecular complexity index is 931. The van der Waals surface area contributed by atoms with Crippen LogP contribution in [0, 0.1) is 24.0 Å². The van der Waals surface area contributed by atoms with Crippen LogP contribution in [0.1, 0.15) is 11.1 Å². The highest BCUT2D eigenvalue weighted by Crippen LogP contribution is 2.34. The van der Waals surface area contributed by atoms with E-state index in [2.05, 4.69) is 20.8 Å². The summed E-state index contributed by atoms with van der Waals surface area (Å²) in [4.78, 5) is 18.8. The number of nitrogens with one attached hydrogen (secondary N) is 2. The van der Waals surface area contributed by atoms with Gasteiger partial charge in [0.05, 0.1) is 10.6 Å². The fraction of sp³-hybridized carbons (Fsp3) is 0.111. The topological polar surface area (TPSA) is 102 Å². The van der Waals surface area contributed by atoms with Crippen molar-refractivity contribution in [2.24, 2.45) is 0 Å². The molecule has 3 aromatic rings. The van der Waals surface area contributed by atoms with Crippen molar-refractivity contribution in [3.05, 3.63) is 76.1 Å². The lowest BCUT2D eigenvalue weighted by atomic mass is 10.1. The third-order valence-electron chi connectivity index (χ3n) is 3.76. The molecular formula is C18H17N5O3. The second kappa shape index (κ2) is 7.47. The Morgan fingerprint density at radius 2 is 1.77 bits per heavy atom. The molecule has 0 saturated heterocycles. The first kappa shape index (κ1) is 17.2. The maximum Gasteiger partial charge on any atom is 0.374 e. The Morgan fingerprint density at radius 1 is 1.00 bits per heavy atom. The van der Waals surface area contributed by atoms with Gasteiger partial charge in [-0.3, -0.25) is 21.0 Å². The van der Waals surface area contributed by atoms with Crippen molar-refractivity contribution in [3.63, 3.8) is 0 Å². The van der Waals surface area contributed by atoms with E-state index in [4.69, 9.17) is 4.74 Å². The molecule has 0 atom stereocenters. The van der Waals surface area contributed by atoms with Crippen molar-refractivity contribution in [2.75, 3.05) is 10.9 Å². The Balaban J connectivity index is 1.88. The number of para-hydroxylation sites is 1. The van der Waals surface area contributed by atoms with Crippen LogP contribution in [-0.2, 0) is 0 Å². The van der Waals surface area contributed by atoms with Crippen LogP contribution < -0.4 is 15.6 Å². The zero-order valence-electron chi connectivity index (χ0n) is 14.3. The minimum Gasteiger partial charge on any atom is -0.434 e. The predicted octanol–water partition coefficient (Wildman–Crippen LogP) is 4.23. The zero-order chi connectivity index (χ0) is 18.5. The summed E-state index contributed by atoms with van der Waals surface area (Å²) in [6, 6.07) is 14.6. The van der Waals surface area contributed by atoms with Gasteiger partial charge >= 0.3 is 11.6 Å². The molecule has 1 heterocycles. The second-order valence-corrected chi connectivity index (χ2v) is 5.60. The highest BCUT2D eigenvalue weighted by molar-refractivity contribution is 5.64. The van der Waals surface area contributed by atoms with E-state index in [0.29, 0.717) is 5.75 Å². The lowest BCUT2D eigenvalue weighted by molar-refractivity contribution is -0.385. The normalized spacial score (nSPS) is 10.2. The summed E-state index contributed by atoms with van der Waals surface area (Å²) in [5.41, 5.74) is 8.10. The van der Waals surface area contributed by atoms with E-state index in [-0.39, 0.29) is 17.4 Å². The fourth-order valence-corrected chi connectivity index (χ4v) is 2.24. The summed E-state index contributed by atoms with van der Waals surface area (Å²) in [6.07, 6.45) is 1.21. The Labute approximate surface area is 150 Å². The standard InChI is InChI=1S/C18H17N5O3/c1-12-8-9-15(10-13(12)2)26-18-16(23(24)25)17(19-11-20-18)22-21-14-6-4-3-5-7-14/h3-11,21H,1-2H3,(H,19,20,22). The Kier molecular flexibility index (Phi) is 4.93. The third kappa shape index (κ3) is 3.86. The first-order valence-corrected chi connectivity index (χ1v) is 7.86. The number of nitro groups is 1. The first-order chi connectivity index (χ1) is 12.5. The summed E-state index contributed by atoms with van der Waals surface area (Å²) in [5, 5.41) is 11.5. The monoisotopic (exact) mass is 351 g/mol. The van der Waals surface area contributed by atoms with Crippen molar-refractivity contribution < 1.29 is 9.66 Å². The van der Waals surface area contributed by atoms with Gasteiger partial charge in [-0.2, -0.15) is 4.98 Å². The molecule has 0 radical (unpaired) electrons. The van der Waals surface area contributed by atoms with Gasteiger partial charge in [0, 0.05) is 0 Å². The van der Waals surface area contributed by atoms with Gasteiger partial charge < -0.3 is 4.74 Å². The van der Waals surface area contributed by atoms with Crippen molar-refractivity contribution in [3.8, 4) is 11.6 Å². The molecule has 1 aromatic heterocycles. The molecule has 0 aliphatic carbocycles. The molecular weight excluding hydrogens is 334 g/mol. The van der Waals surface area contributed by atoms with E-state index in [1.807, 2.05) is 50.2 Å². The van der Waals surface area contributed by atoms with Crippen LogP contribution in [0.15, 0.2) is 54.9 Å². The van der Waals surface area contributed by atoms with Gasteiger partial charge in [-0.1, -0.05) is 24.3 Å². The largest absolute Gasteiger partial charge is 0.434 e. The summed E-state index contributed by atoms with van der Waals surface area (Å²) in [7, 11) is 0. The number of nitrogens with zero attached hydrogens (tertiary/aromatic N) is 3. The molecule has 0 spiro atoms. The molecule has 132 valence electrons. The molecule has 26 heavy (non-hydrogen) atoms. The van der Waals surface area contributed by atoms with Gasteiger partial charge in [-0.25, -0.2) is 4.98 Å². The highest BCUT2D eigenvalue weighted by atomic mass is 16.6. The minimum atomic E-state index is -0.578. The lowest BCUT2D eigenvalue weighted by Gasteiger charge is -2.11. The third-order valence-corrected chi connectivity index (χ3v) is 3.76. The molecule has 0 aliphatic heterocycles. The van der Waals surface area contributed by atoms with Gasteiger partial charge in [0.2, 0.25) is 5.82 Å². The van der Waals surface area contributed by atoms with Gasteiger partial charge in [0.1, 0.15) is 12.1 Å². The number of ether oxygens (including phenoxy) is 1. The average molecular weight is 351 g/mol. The molecule has 2 aromatic carbocycles. The van der Waals surface area contributed by atoms with Crippen LogP contribution in [0.2, 0.25) is 0 Å². The minimum absolute atomic E-state index is 0.00712. The first-order valence-electron chi connectivity index (χ1n) is 7.86. The molecule has 2 N–H and O–H groups in total. The lowest BCUT2D eigenvalue weighted by Crippen LogP contribution is -2.12. The number of anilines is 2. The van der Waals surface area contributed by atoms with E-state index < -0.39 is 4.92 Å². The zero-order valence-corrected chi connectivity index (χ0v) is 14.3. The second-order valence-electron chi connectivity index (χ2n) is 5.60. The molecule has 8 nitrogen and oxygen atoms in total. The number of benzene rings is 2. The van der Waals surface area contributed by atoms with E-state index in [1.54, 1.807) is 12.1 Å². The number of aryl methyl sites for hydroxylation is 2. The summed E-state index contributed by atoms with van der Waals surface area (Å²) < 4.78 is 5.64. The van der Waals surface area contributed by atoms with E-state index >= 15 is 0 Å². The number of hydrazine groups is 1. The van der Waals surface area contributed by atoms with Crippen molar-refractivity contribution in [1.82, 2.24) is 9.97 Å². The number of hydrogen-bond acceptors (Lipinski definition) is 7. The van der Waals surface area contributed by atoms with Gasteiger partial charge in [0.25, 0.3) is 0 Å². The van der Waals surface area contributed by atoms with Crippen LogP contribution in [0.25, 0.3) is 0 Å². The van der Waals surface area contributed by atoms with Crippen molar-refractivity contribution >= 4 is 17.2 Å². The van der Waals surface area contributed by atoms with Crippen LogP contribution >= 0.6 is 0 Å². The molecule has 0 amide bonds. The maximum absolute atomic E-state index is 11.5. The predicted molar refractivity (Wildman–Crippen MR) is 98.4 cm³/mol.